The largest absolute Gasteiger partial charge is 0.232 e. The van der Waals surface area contributed by atoms with Crippen LogP contribution in [-0.2, 0) is 16.5 Å². The second-order valence-corrected chi connectivity index (χ2v) is 4.37. The van der Waals surface area contributed by atoms with Crippen LogP contribution >= 0.6 is 0 Å². The van der Waals surface area contributed by atoms with Gasteiger partial charge in [-0.15, -0.1) is 0 Å². The second kappa shape index (κ2) is 4.42. The monoisotopic (exact) mass is 198 g/mol. The zero-order valence-electron chi connectivity index (χ0n) is 7.86. The molecule has 72 valence electrons. The van der Waals surface area contributed by atoms with Crippen molar-refractivity contribution in [1.29, 1.82) is 0 Å². The molecule has 2 nitrogen and oxygen atoms in total. The van der Waals surface area contributed by atoms with Crippen LogP contribution in [0.4, 0.5) is 0 Å². The van der Waals surface area contributed by atoms with Crippen LogP contribution in [0, 0.1) is 0 Å². The number of rotatable bonds is 3. The van der Waals surface area contributed by atoms with E-state index in [2.05, 4.69) is 13.8 Å². The smallest absolute Gasteiger partial charge is 0.144 e. The Hall–Kier alpha value is -0.830. The predicted molar refractivity (Wildman–Crippen MR) is 54.5 cm³/mol. The first-order chi connectivity index (χ1) is 6.09. The van der Waals surface area contributed by atoms with Crippen LogP contribution in [0.2, 0.25) is 0 Å². The van der Waals surface area contributed by atoms with Gasteiger partial charge in [0.05, 0.1) is 5.75 Å². The molecule has 1 aromatic rings. The number of thiol groups is 1. The molecule has 0 unspecified atom stereocenters. The third-order valence-electron chi connectivity index (χ3n) is 1.96. The Balaban J connectivity index is 2.81. The van der Waals surface area contributed by atoms with Crippen molar-refractivity contribution in [2.24, 2.45) is 0 Å². The van der Waals surface area contributed by atoms with Gasteiger partial charge in [-0.05, 0) is 17.0 Å². The van der Waals surface area contributed by atoms with Gasteiger partial charge in [-0.2, -0.15) is 0 Å². The third-order valence-corrected chi connectivity index (χ3v) is 2.58. The van der Waals surface area contributed by atoms with E-state index in [1.807, 2.05) is 24.3 Å². The zero-order chi connectivity index (χ0) is 9.84. The average Bonchev–Trinajstić information content (AvgIpc) is 2.04. The van der Waals surface area contributed by atoms with Gasteiger partial charge in [0.25, 0.3) is 0 Å². The molecule has 1 aromatic carbocycles. The first-order valence-corrected chi connectivity index (χ1v) is 5.66. The van der Waals surface area contributed by atoms with Gasteiger partial charge in [-0.1, -0.05) is 38.1 Å². The van der Waals surface area contributed by atoms with E-state index in [1.165, 1.54) is 5.56 Å². The van der Waals surface area contributed by atoms with Gasteiger partial charge in [-0.3, -0.25) is 0 Å². The Morgan fingerprint density at radius 3 is 2.08 bits per heavy atom. The predicted octanol–water partition coefficient (Wildman–Crippen LogP) is 1.92. The van der Waals surface area contributed by atoms with Gasteiger partial charge in [0, 0.05) is 0 Å². The first-order valence-electron chi connectivity index (χ1n) is 4.30. The quantitative estimate of drug-likeness (QED) is 0.753. The fourth-order valence-electron chi connectivity index (χ4n) is 1.16. The number of hydrogen-bond donors (Lipinski definition) is 1. The summed E-state index contributed by atoms with van der Waals surface area (Å²) in [6.07, 6.45) is 0. The van der Waals surface area contributed by atoms with E-state index in [9.17, 15) is 8.42 Å². The van der Waals surface area contributed by atoms with Crippen molar-refractivity contribution in [2.45, 2.75) is 25.5 Å². The van der Waals surface area contributed by atoms with Crippen LogP contribution in [0.5, 0.6) is 0 Å². The molecule has 0 amide bonds. The lowest BCUT2D eigenvalue weighted by Gasteiger charge is -2.04. The van der Waals surface area contributed by atoms with E-state index in [-0.39, 0.29) is 5.75 Å². The Morgan fingerprint density at radius 1 is 1.15 bits per heavy atom. The number of hydrogen-bond acceptors (Lipinski definition) is 2. The Kier molecular flexibility index (Phi) is 3.48. The SMILES string of the molecule is CC(C)c1ccc(C[SH](=O)=O)cc1. The van der Waals surface area contributed by atoms with Crippen LogP contribution in [0.15, 0.2) is 24.3 Å². The summed E-state index contributed by atoms with van der Waals surface area (Å²) in [5.74, 6) is 0.642. The van der Waals surface area contributed by atoms with E-state index in [0.29, 0.717) is 5.92 Å². The lowest BCUT2D eigenvalue weighted by Crippen LogP contribution is -1.90. The van der Waals surface area contributed by atoms with Crippen LogP contribution in [0.25, 0.3) is 0 Å². The second-order valence-electron chi connectivity index (χ2n) is 3.39. The number of benzene rings is 1. The lowest BCUT2D eigenvalue weighted by atomic mass is 10.0. The third kappa shape index (κ3) is 3.19. The van der Waals surface area contributed by atoms with Crippen molar-refractivity contribution in [2.75, 3.05) is 0 Å². The molecular weight excluding hydrogens is 184 g/mol. The summed E-state index contributed by atoms with van der Waals surface area (Å²) in [5.41, 5.74) is 2.10. The summed E-state index contributed by atoms with van der Waals surface area (Å²) in [5, 5.41) is 0. The molecule has 3 heteroatoms. The molecule has 0 aliphatic heterocycles. The highest BCUT2D eigenvalue weighted by Gasteiger charge is 1.98. The van der Waals surface area contributed by atoms with Crippen molar-refractivity contribution < 1.29 is 8.42 Å². The maximum absolute atomic E-state index is 10.4. The van der Waals surface area contributed by atoms with Crippen LogP contribution in [0.3, 0.4) is 0 Å². The molecule has 0 aromatic heterocycles. The molecule has 0 spiro atoms. The molecule has 1 rings (SSSR count). The van der Waals surface area contributed by atoms with Gasteiger partial charge in [-0.25, -0.2) is 8.42 Å². The lowest BCUT2D eigenvalue weighted by molar-refractivity contribution is 0.614. The Labute approximate surface area is 80.5 Å². The van der Waals surface area contributed by atoms with Gasteiger partial charge < -0.3 is 0 Å². The van der Waals surface area contributed by atoms with Crippen LogP contribution in [0.1, 0.15) is 30.9 Å². The highest BCUT2D eigenvalue weighted by molar-refractivity contribution is 7.71. The normalized spacial score (nSPS) is 11.1. The molecule has 0 heterocycles. The van der Waals surface area contributed by atoms with Gasteiger partial charge in [0.2, 0.25) is 0 Å². The standard InChI is InChI=1S/C10H14O2S/c1-8(2)10-5-3-9(4-6-10)7-13(11)12/h3-6,8,13H,7H2,1-2H3. The molecule has 0 N–H and O–H groups in total. The molecule has 0 saturated carbocycles. The maximum atomic E-state index is 10.4. The fraction of sp³-hybridized carbons (Fsp3) is 0.400. The topological polar surface area (TPSA) is 34.1 Å². The molecule has 0 bridgehead atoms. The van der Waals surface area contributed by atoms with Gasteiger partial charge in [0.15, 0.2) is 0 Å². The van der Waals surface area contributed by atoms with E-state index in [0.717, 1.165) is 5.56 Å². The van der Waals surface area contributed by atoms with Gasteiger partial charge >= 0.3 is 0 Å². The summed E-state index contributed by atoms with van der Waals surface area (Å²) in [4.78, 5) is 0. The summed E-state index contributed by atoms with van der Waals surface area (Å²) in [7, 11) is -2.30. The van der Waals surface area contributed by atoms with Crippen molar-refractivity contribution >= 4 is 10.7 Å². The van der Waals surface area contributed by atoms with E-state index >= 15 is 0 Å². The van der Waals surface area contributed by atoms with Crippen molar-refractivity contribution in [3.05, 3.63) is 35.4 Å². The first kappa shape index (κ1) is 10.3. The Morgan fingerprint density at radius 2 is 1.69 bits per heavy atom. The highest BCUT2D eigenvalue weighted by atomic mass is 32.2. The molecule has 0 aliphatic carbocycles. The van der Waals surface area contributed by atoms with Gasteiger partial charge in [0.1, 0.15) is 10.7 Å². The summed E-state index contributed by atoms with van der Waals surface area (Å²) in [6.45, 7) is 4.23. The van der Waals surface area contributed by atoms with E-state index in [4.69, 9.17) is 0 Å². The van der Waals surface area contributed by atoms with Crippen molar-refractivity contribution in [3.8, 4) is 0 Å². The minimum absolute atomic E-state index is 0.147. The minimum atomic E-state index is -2.30. The molecular formula is C10H14O2S. The summed E-state index contributed by atoms with van der Waals surface area (Å²) < 4.78 is 20.8. The van der Waals surface area contributed by atoms with Crippen molar-refractivity contribution in [1.82, 2.24) is 0 Å². The summed E-state index contributed by atoms with van der Waals surface area (Å²) >= 11 is 0. The molecule has 0 atom stereocenters. The zero-order valence-corrected chi connectivity index (χ0v) is 8.75. The molecule has 0 radical (unpaired) electrons. The molecule has 0 saturated heterocycles. The summed E-state index contributed by atoms with van der Waals surface area (Å²) in [6, 6.07) is 7.72. The molecule has 0 aliphatic rings. The minimum Gasteiger partial charge on any atom is -0.232 e. The van der Waals surface area contributed by atoms with Crippen LogP contribution < -0.4 is 0 Å². The Bertz CT molecular complexity index is 328. The highest BCUT2D eigenvalue weighted by Crippen LogP contribution is 2.14. The van der Waals surface area contributed by atoms with Crippen LogP contribution in [-0.4, -0.2) is 8.42 Å². The average molecular weight is 198 g/mol. The maximum Gasteiger partial charge on any atom is 0.144 e. The van der Waals surface area contributed by atoms with E-state index in [1.54, 1.807) is 0 Å². The molecule has 0 fully saturated rings. The van der Waals surface area contributed by atoms with Crippen molar-refractivity contribution in [3.63, 3.8) is 0 Å². The molecule has 13 heavy (non-hydrogen) atoms. The fourth-order valence-corrected chi connectivity index (χ4v) is 1.67. The van der Waals surface area contributed by atoms with E-state index < -0.39 is 10.7 Å².